The normalized spacial score (nSPS) is 15.4. The molecule has 1 saturated heterocycles. The number of imidazole rings is 1. The van der Waals surface area contributed by atoms with Crippen LogP contribution in [0, 0.1) is 0 Å². The lowest BCUT2D eigenvalue weighted by Gasteiger charge is -2.32. The number of amides is 2. The summed E-state index contributed by atoms with van der Waals surface area (Å²) in [6.45, 7) is 1.36. The van der Waals surface area contributed by atoms with Gasteiger partial charge in [0, 0.05) is 36.5 Å². The minimum absolute atomic E-state index is 0.0731. The van der Waals surface area contributed by atoms with E-state index in [1.807, 2.05) is 77.7 Å². The molecule has 190 valence electrons. The molecule has 5 aromatic rings. The molecule has 38 heavy (non-hydrogen) atoms. The van der Waals surface area contributed by atoms with Crippen molar-refractivity contribution >= 4 is 17.2 Å². The maximum atomic E-state index is 13.2. The smallest absolute Gasteiger partial charge is 0.321 e. The lowest BCUT2D eigenvalue weighted by atomic mass is 9.97. The maximum Gasteiger partial charge on any atom is 0.321 e. The van der Waals surface area contributed by atoms with Crippen molar-refractivity contribution in [2.24, 2.45) is 0 Å². The van der Waals surface area contributed by atoms with Crippen LogP contribution in [0.15, 0.2) is 103 Å². The van der Waals surface area contributed by atoms with Crippen LogP contribution in [0.2, 0.25) is 0 Å². The maximum absolute atomic E-state index is 13.2. The average Bonchev–Trinajstić information content (AvgIpc) is 3.38. The quantitative estimate of drug-likeness (QED) is 0.279. The molecule has 2 aromatic heterocycles. The fraction of sp³-hybridized carbons (Fsp3) is 0.188. The van der Waals surface area contributed by atoms with E-state index < -0.39 is 0 Å². The van der Waals surface area contributed by atoms with Crippen LogP contribution in [0.3, 0.4) is 0 Å². The van der Waals surface area contributed by atoms with Gasteiger partial charge in [0.2, 0.25) is 0 Å². The Morgan fingerprint density at radius 1 is 0.895 bits per heavy atom. The highest BCUT2D eigenvalue weighted by Crippen LogP contribution is 2.33. The van der Waals surface area contributed by atoms with Gasteiger partial charge in [0.15, 0.2) is 0 Å². The summed E-state index contributed by atoms with van der Waals surface area (Å²) in [7, 11) is 1.68. The number of nitrogens with zero attached hydrogens (tertiary/aromatic N) is 3. The Labute approximate surface area is 222 Å². The molecule has 6 heteroatoms. The number of anilines is 1. The van der Waals surface area contributed by atoms with Crippen molar-refractivity contribution in [1.29, 1.82) is 0 Å². The van der Waals surface area contributed by atoms with Crippen molar-refractivity contribution in [3.8, 4) is 28.1 Å². The number of ether oxygens (including phenoxy) is 1. The number of benzene rings is 3. The van der Waals surface area contributed by atoms with Crippen LogP contribution in [0.4, 0.5) is 10.5 Å². The number of hydrogen-bond acceptors (Lipinski definition) is 3. The van der Waals surface area contributed by atoms with Crippen molar-refractivity contribution in [2.75, 3.05) is 25.5 Å². The zero-order valence-corrected chi connectivity index (χ0v) is 21.4. The third kappa shape index (κ3) is 4.73. The van der Waals surface area contributed by atoms with Gasteiger partial charge in [-0.3, -0.25) is 0 Å². The Morgan fingerprint density at radius 3 is 2.47 bits per heavy atom. The molecule has 0 spiro atoms. The minimum atomic E-state index is -0.0731. The molecule has 6 nitrogen and oxygen atoms in total. The number of urea groups is 1. The molecule has 0 unspecified atom stereocenters. The van der Waals surface area contributed by atoms with E-state index in [4.69, 9.17) is 9.72 Å². The number of pyridine rings is 1. The summed E-state index contributed by atoms with van der Waals surface area (Å²) in [5.74, 6) is 1.94. The van der Waals surface area contributed by atoms with Gasteiger partial charge in [-0.25, -0.2) is 9.78 Å². The molecule has 6 rings (SSSR count). The number of aromatic nitrogens is 2. The SMILES string of the molecule is COc1cccc(-c2nc([C@@H]3CCCN(C(=O)Nc4ccc(-c5ccccc5)cc4)C3)n3ccccc23)c1. The molecule has 0 bridgehead atoms. The topological polar surface area (TPSA) is 58.9 Å². The van der Waals surface area contributed by atoms with Crippen LogP contribution >= 0.6 is 0 Å². The van der Waals surface area contributed by atoms with Crippen molar-refractivity contribution in [3.63, 3.8) is 0 Å². The second-order valence-corrected chi connectivity index (χ2v) is 9.67. The molecule has 0 saturated carbocycles. The van der Waals surface area contributed by atoms with Gasteiger partial charge < -0.3 is 19.4 Å². The first-order chi connectivity index (χ1) is 18.7. The van der Waals surface area contributed by atoms with E-state index >= 15 is 0 Å². The largest absolute Gasteiger partial charge is 0.497 e. The Balaban J connectivity index is 1.21. The third-order valence-corrected chi connectivity index (χ3v) is 7.24. The molecular weight excluding hydrogens is 472 g/mol. The number of likely N-dealkylation sites (tertiary alicyclic amines) is 1. The van der Waals surface area contributed by atoms with Crippen molar-refractivity contribution < 1.29 is 9.53 Å². The summed E-state index contributed by atoms with van der Waals surface area (Å²) in [6.07, 6.45) is 3.98. The number of carbonyl (C=O) groups excluding carboxylic acids is 1. The van der Waals surface area contributed by atoms with Crippen LogP contribution in [0.25, 0.3) is 27.9 Å². The van der Waals surface area contributed by atoms with E-state index in [1.54, 1.807) is 7.11 Å². The first-order valence-electron chi connectivity index (χ1n) is 13.0. The van der Waals surface area contributed by atoms with E-state index in [1.165, 1.54) is 0 Å². The molecule has 3 aromatic carbocycles. The molecular formula is C32H30N4O2. The van der Waals surface area contributed by atoms with Crippen molar-refractivity contribution in [1.82, 2.24) is 14.3 Å². The van der Waals surface area contributed by atoms with Gasteiger partial charge >= 0.3 is 6.03 Å². The standard InChI is InChI=1S/C32H30N4O2/c1-38-28-13-7-11-25(21-28)30-29-14-5-6-20-36(29)31(34-30)26-12-8-19-35(22-26)32(37)33-27-17-15-24(16-18-27)23-9-3-2-4-10-23/h2-7,9-11,13-18,20-21,26H,8,12,19,22H2,1H3,(H,33,37)/t26-/m1/s1. The first kappa shape index (κ1) is 23.8. The molecule has 1 N–H and O–H groups in total. The fourth-order valence-corrected chi connectivity index (χ4v) is 5.28. The minimum Gasteiger partial charge on any atom is -0.497 e. The van der Waals surface area contributed by atoms with Gasteiger partial charge in [-0.15, -0.1) is 0 Å². The van der Waals surface area contributed by atoms with E-state index in [0.717, 1.165) is 64.5 Å². The fourth-order valence-electron chi connectivity index (χ4n) is 5.28. The zero-order chi connectivity index (χ0) is 25.9. The van der Waals surface area contributed by atoms with E-state index in [0.29, 0.717) is 6.54 Å². The number of hydrogen-bond donors (Lipinski definition) is 1. The predicted octanol–water partition coefficient (Wildman–Crippen LogP) is 7.09. The van der Waals surface area contributed by atoms with E-state index in [2.05, 4.69) is 40.2 Å². The molecule has 1 fully saturated rings. The van der Waals surface area contributed by atoms with Crippen LogP contribution in [-0.4, -0.2) is 40.5 Å². The van der Waals surface area contributed by atoms with Gasteiger partial charge in [-0.2, -0.15) is 0 Å². The number of piperidine rings is 1. The second kappa shape index (κ2) is 10.4. The third-order valence-electron chi connectivity index (χ3n) is 7.24. The summed E-state index contributed by atoms with van der Waals surface area (Å²) in [4.78, 5) is 20.3. The van der Waals surface area contributed by atoms with E-state index in [-0.39, 0.29) is 11.9 Å². The number of fused-ring (bicyclic) bond motifs is 1. The monoisotopic (exact) mass is 502 g/mol. The predicted molar refractivity (Wildman–Crippen MR) is 152 cm³/mol. The van der Waals surface area contributed by atoms with Crippen LogP contribution in [-0.2, 0) is 0 Å². The number of carbonyl (C=O) groups is 1. The summed E-state index contributed by atoms with van der Waals surface area (Å²) >= 11 is 0. The van der Waals surface area contributed by atoms with E-state index in [9.17, 15) is 4.79 Å². The Kier molecular flexibility index (Phi) is 6.53. The highest BCUT2D eigenvalue weighted by molar-refractivity contribution is 5.90. The molecule has 1 aliphatic heterocycles. The number of rotatable bonds is 5. The second-order valence-electron chi connectivity index (χ2n) is 9.67. The molecule has 1 aliphatic rings. The molecule has 0 aliphatic carbocycles. The van der Waals surface area contributed by atoms with Crippen LogP contribution < -0.4 is 10.1 Å². The molecule has 0 radical (unpaired) electrons. The van der Waals surface area contributed by atoms with Gasteiger partial charge in [0.25, 0.3) is 0 Å². The van der Waals surface area contributed by atoms with Crippen molar-refractivity contribution in [3.05, 3.63) is 109 Å². The highest BCUT2D eigenvalue weighted by atomic mass is 16.5. The number of methoxy groups -OCH3 is 1. The number of nitrogens with one attached hydrogen (secondary N) is 1. The first-order valence-corrected chi connectivity index (χ1v) is 13.0. The molecule has 3 heterocycles. The van der Waals surface area contributed by atoms with Gasteiger partial charge in [-0.05, 0) is 60.4 Å². The highest BCUT2D eigenvalue weighted by Gasteiger charge is 2.28. The van der Waals surface area contributed by atoms with Crippen LogP contribution in [0.1, 0.15) is 24.6 Å². The molecule has 2 amide bonds. The Bertz CT molecular complexity index is 1560. The average molecular weight is 503 g/mol. The summed E-state index contributed by atoms with van der Waals surface area (Å²) in [5.41, 5.74) is 6.08. The van der Waals surface area contributed by atoms with Gasteiger partial charge in [0.05, 0.1) is 18.3 Å². The lowest BCUT2D eigenvalue weighted by molar-refractivity contribution is 0.191. The summed E-state index contributed by atoms with van der Waals surface area (Å²) in [5, 5.41) is 3.09. The lowest BCUT2D eigenvalue weighted by Crippen LogP contribution is -2.42. The zero-order valence-electron chi connectivity index (χ0n) is 21.4. The van der Waals surface area contributed by atoms with Crippen molar-refractivity contribution in [2.45, 2.75) is 18.8 Å². The van der Waals surface area contributed by atoms with Crippen LogP contribution in [0.5, 0.6) is 5.75 Å². The Hall–Kier alpha value is -4.58. The molecule has 1 atom stereocenters. The summed E-state index contributed by atoms with van der Waals surface area (Å²) in [6, 6.07) is 32.3. The summed E-state index contributed by atoms with van der Waals surface area (Å²) < 4.78 is 7.61. The van der Waals surface area contributed by atoms with Gasteiger partial charge in [-0.1, -0.05) is 60.7 Å². The van der Waals surface area contributed by atoms with Gasteiger partial charge in [0.1, 0.15) is 11.6 Å². The Morgan fingerprint density at radius 2 is 1.66 bits per heavy atom.